The first kappa shape index (κ1) is 11.5. The lowest BCUT2D eigenvalue weighted by Crippen LogP contribution is -2.48. The monoisotopic (exact) mass is 239 g/mol. The molecule has 1 aliphatic carbocycles. The second-order valence-electron chi connectivity index (χ2n) is 2.76. The molecule has 0 aromatic rings. The molecular formula is C8H15S4. The van der Waals surface area contributed by atoms with E-state index in [9.17, 15) is 0 Å². The van der Waals surface area contributed by atoms with E-state index in [0.29, 0.717) is 8.16 Å². The van der Waals surface area contributed by atoms with Gasteiger partial charge in [-0.25, -0.2) is 0 Å². The molecule has 0 aliphatic heterocycles. The summed E-state index contributed by atoms with van der Waals surface area (Å²) < 4.78 is 0.818. The van der Waals surface area contributed by atoms with Gasteiger partial charge in [0.2, 0.25) is 0 Å². The van der Waals surface area contributed by atoms with Crippen LogP contribution in [0.1, 0.15) is 6.42 Å². The molecular weight excluding hydrogens is 224 g/mol. The maximum atomic E-state index is 2.50. The molecule has 1 saturated carbocycles. The number of hydrogen-bond donors (Lipinski definition) is 0. The van der Waals surface area contributed by atoms with Crippen LogP contribution in [0.5, 0.6) is 0 Å². The van der Waals surface area contributed by atoms with Gasteiger partial charge in [-0.3, -0.25) is 0 Å². The highest BCUT2D eigenvalue weighted by molar-refractivity contribution is 8.20. The van der Waals surface area contributed by atoms with E-state index in [4.69, 9.17) is 0 Å². The van der Waals surface area contributed by atoms with Gasteiger partial charge >= 0.3 is 0 Å². The van der Waals surface area contributed by atoms with E-state index < -0.39 is 0 Å². The fraction of sp³-hybridized carbons (Fsp3) is 0.875. The third-order valence-corrected chi connectivity index (χ3v) is 8.13. The Bertz CT molecular complexity index is 123. The molecule has 1 fully saturated rings. The largest absolute Gasteiger partial charge is 0.147 e. The Balaban J connectivity index is 2.52. The highest BCUT2D eigenvalue weighted by Gasteiger charge is 2.53. The molecule has 0 unspecified atom stereocenters. The molecule has 0 atom stereocenters. The zero-order chi connectivity index (χ0) is 9.24. The van der Waals surface area contributed by atoms with Crippen molar-refractivity contribution in [3.8, 4) is 0 Å². The van der Waals surface area contributed by atoms with Crippen LogP contribution in [0.25, 0.3) is 0 Å². The molecule has 0 nitrogen and oxygen atoms in total. The van der Waals surface area contributed by atoms with Gasteiger partial charge in [0.1, 0.15) is 0 Å². The van der Waals surface area contributed by atoms with Crippen molar-refractivity contribution in [2.45, 2.75) is 14.6 Å². The predicted molar refractivity (Wildman–Crippen MR) is 68.4 cm³/mol. The Morgan fingerprint density at radius 1 is 0.833 bits per heavy atom. The number of thioether (sulfide) groups is 4. The summed E-state index contributed by atoms with van der Waals surface area (Å²) in [5, 5.41) is 0. The molecule has 0 N–H and O–H groups in total. The van der Waals surface area contributed by atoms with E-state index in [-0.39, 0.29) is 0 Å². The van der Waals surface area contributed by atoms with Crippen molar-refractivity contribution in [1.82, 2.24) is 0 Å². The van der Waals surface area contributed by atoms with Gasteiger partial charge in [-0.2, -0.15) is 0 Å². The smallest absolute Gasteiger partial charge is 0.0680 e. The minimum absolute atomic E-state index is 0.409. The second kappa shape index (κ2) is 4.28. The fourth-order valence-electron chi connectivity index (χ4n) is 1.34. The maximum Gasteiger partial charge on any atom is 0.0680 e. The van der Waals surface area contributed by atoms with Gasteiger partial charge in [0.25, 0.3) is 0 Å². The zero-order valence-corrected chi connectivity index (χ0v) is 11.2. The lowest BCUT2D eigenvalue weighted by Gasteiger charge is -2.52. The normalized spacial score (nSPS) is 25.0. The highest BCUT2D eigenvalue weighted by atomic mass is 32.2. The van der Waals surface area contributed by atoms with E-state index in [1.165, 1.54) is 6.42 Å². The average Bonchev–Trinajstić information content (AvgIpc) is 2.07. The van der Waals surface area contributed by atoms with Crippen molar-refractivity contribution in [3.63, 3.8) is 0 Å². The van der Waals surface area contributed by atoms with E-state index in [2.05, 4.69) is 31.4 Å². The Morgan fingerprint density at radius 3 is 1.25 bits per heavy atom. The summed E-state index contributed by atoms with van der Waals surface area (Å²) in [5.74, 6) is 0. The third-order valence-electron chi connectivity index (χ3n) is 2.31. The molecule has 1 rings (SSSR count). The van der Waals surface area contributed by atoms with E-state index in [0.717, 1.165) is 0 Å². The molecule has 4 heteroatoms. The fourth-order valence-corrected chi connectivity index (χ4v) is 6.10. The summed E-state index contributed by atoms with van der Waals surface area (Å²) in [7, 11) is 0. The Labute approximate surface area is 92.8 Å². The van der Waals surface area contributed by atoms with Crippen molar-refractivity contribution in [3.05, 3.63) is 6.42 Å². The van der Waals surface area contributed by atoms with E-state index in [1.807, 2.05) is 47.0 Å². The molecule has 0 aromatic heterocycles. The van der Waals surface area contributed by atoms with Crippen LogP contribution in [0.2, 0.25) is 0 Å². The summed E-state index contributed by atoms with van der Waals surface area (Å²) in [6.45, 7) is 0. The molecule has 12 heavy (non-hydrogen) atoms. The summed E-state index contributed by atoms with van der Waals surface area (Å²) in [6.07, 6.45) is 12.6. The van der Waals surface area contributed by atoms with Crippen LogP contribution in [-0.2, 0) is 0 Å². The molecule has 0 spiro atoms. The lowest BCUT2D eigenvalue weighted by atomic mass is 9.97. The minimum atomic E-state index is 0.409. The Morgan fingerprint density at radius 2 is 1.08 bits per heavy atom. The van der Waals surface area contributed by atoms with Crippen LogP contribution >= 0.6 is 47.0 Å². The summed E-state index contributed by atoms with van der Waals surface area (Å²) >= 11 is 7.89. The van der Waals surface area contributed by atoms with Crippen LogP contribution in [0.15, 0.2) is 0 Å². The van der Waals surface area contributed by atoms with Gasteiger partial charge in [0.15, 0.2) is 0 Å². The van der Waals surface area contributed by atoms with Gasteiger partial charge in [0.05, 0.1) is 8.16 Å². The van der Waals surface area contributed by atoms with Crippen LogP contribution < -0.4 is 0 Å². The quantitative estimate of drug-likeness (QED) is 0.689. The molecule has 0 aromatic carbocycles. The Kier molecular flexibility index (Phi) is 4.09. The average molecular weight is 239 g/mol. The van der Waals surface area contributed by atoms with Gasteiger partial charge in [0, 0.05) is 6.42 Å². The first-order valence-corrected chi connectivity index (χ1v) is 8.63. The van der Waals surface area contributed by atoms with Gasteiger partial charge in [-0.15, -0.1) is 47.0 Å². The molecule has 0 heterocycles. The van der Waals surface area contributed by atoms with Gasteiger partial charge in [-0.05, 0) is 31.4 Å². The van der Waals surface area contributed by atoms with Crippen LogP contribution in [0.3, 0.4) is 0 Å². The molecule has 71 valence electrons. The second-order valence-corrected chi connectivity index (χ2v) is 7.83. The predicted octanol–water partition coefficient (Wildman–Crippen LogP) is 3.44. The molecule has 0 bridgehead atoms. The third kappa shape index (κ3) is 1.91. The lowest BCUT2D eigenvalue weighted by molar-refractivity contribution is 0.610. The first-order chi connectivity index (χ1) is 5.66. The van der Waals surface area contributed by atoms with Crippen molar-refractivity contribution in [1.29, 1.82) is 0 Å². The van der Waals surface area contributed by atoms with Crippen LogP contribution in [0.4, 0.5) is 0 Å². The SMILES string of the molecule is CSC1(SC)[CH]C(SC)(SC)C1. The van der Waals surface area contributed by atoms with Crippen molar-refractivity contribution in [2.75, 3.05) is 25.0 Å². The van der Waals surface area contributed by atoms with Crippen molar-refractivity contribution in [2.24, 2.45) is 0 Å². The molecule has 0 amide bonds. The van der Waals surface area contributed by atoms with Gasteiger partial charge in [-0.1, -0.05) is 0 Å². The number of rotatable bonds is 4. The van der Waals surface area contributed by atoms with E-state index in [1.54, 1.807) is 0 Å². The number of hydrogen-bond acceptors (Lipinski definition) is 4. The van der Waals surface area contributed by atoms with Crippen molar-refractivity contribution >= 4 is 47.0 Å². The summed E-state index contributed by atoms with van der Waals surface area (Å²) in [5.41, 5.74) is 0. The zero-order valence-electron chi connectivity index (χ0n) is 7.92. The standard InChI is InChI=1S/C8H15S4/c1-9-7(10-2)5-8(6-7,11-3)12-4/h5H,6H2,1-4H3. The molecule has 1 radical (unpaired) electrons. The summed E-state index contributed by atoms with van der Waals surface area (Å²) in [4.78, 5) is 0. The molecule has 0 saturated heterocycles. The van der Waals surface area contributed by atoms with Crippen LogP contribution in [-0.4, -0.2) is 33.2 Å². The Hall–Kier alpha value is 1.40. The van der Waals surface area contributed by atoms with Gasteiger partial charge < -0.3 is 0 Å². The molecule has 1 aliphatic rings. The topological polar surface area (TPSA) is 0 Å². The van der Waals surface area contributed by atoms with Crippen molar-refractivity contribution < 1.29 is 0 Å². The summed E-state index contributed by atoms with van der Waals surface area (Å²) in [6, 6.07) is 0. The van der Waals surface area contributed by atoms with Crippen LogP contribution in [0, 0.1) is 6.42 Å². The minimum Gasteiger partial charge on any atom is -0.147 e. The maximum absolute atomic E-state index is 2.50. The first-order valence-electron chi connectivity index (χ1n) is 3.73. The van der Waals surface area contributed by atoms with E-state index >= 15 is 0 Å². The highest BCUT2D eigenvalue weighted by Crippen LogP contribution is 2.63.